The number of aryl methyl sites for hydroxylation is 3. The zero-order valence-corrected chi connectivity index (χ0v) is 36.2. The van der Waals surface area contributed by atoms with E-state index in [1.807, 2.05) is 0 Å². The van der Waals surface area contributed by atoms with E-state index in [1.54, 1.807) is 0 Å². The number of anilines is 6. The number of hydrogen-bond acceptors (Lipinski definition) is 2. The van der Waals surface area contributed by atoms with E-state index in [0.29, 0.717) is 0 Å². The van der Waals surface area contributed by atoms with E-state index in [2.05, 4.69) is 256 Å². The predicted octanol–water partition coefficient (Wildman–Crippen LogP) is 16.9. The fourth-order valence-electron chi connectivity index (χ4n) is 10.2. The highest BCUT2D eigenvalue weighted by Crippen LogP contribution is 2.58. The summed E-state index contributed by atoms with van der Waals surface area (Å²) in [6.45, 7) is 9.05. The minimum Gasteiger partial charge on any atom is -0.310 e. The Morgan fingerprint density at radius 2 is 0.905 bits per heavy atom. The average Bonchev–Trinajstić information content (AvgIpc) is 3.58. The Morgan fingerprint density at radius 3 is 1.65 bits per heavy atom. The van der Waals surface area contributed by atoms with Crippen LogP contribution >= 0.6 is 0 Å². The summed E-state index contributed by atoms with van der Waals surface area (Å²) in [5.74, 6) is 0. The molecule has 0 saturated heterocycles. The maximum absolute atomic E-state index is 2.51. The van der Waals surface area contributed by atoms with Crippen molar-refractivity contribution in [1.82, 2.24) is 0 Å². The van der Waals surface area contributed by atoms with E-state index in [0.717, 1.165) is 34.1 Å². The van der Waals surface area contributed by atoms with Gasteiger partial charge in [-0.05, 0) is 149 Å². The van der Waals surface area contributed by atoms with Gasteiger partial charge in [0, 0.05) is 38.9 Å². The monoisotopic (exact) mass is 808 g/mol. The molecule has 10 aromatic rings. The lowest BCUT2D eigenvalue weighted by molar-refractivity contribution is 0.714. The van der Waals surface area contributed by atoms with Crippen molar-refractivity contribution in [3.63, 3.8) is 0 Å². The number of benzene rings is 10. The molecule has 0 aromatic heterocycles. The highest BCUT2D eigenvalue weighted by atomic mass is 15.1. The second-order valence-corrected chi connectivity index (χ2v) is 17.2. The number of hydrogen-bond donors (Lipinski definition) is 0. The molecular formula is C61H48N2. The Morgan fingerprint density at radius 1 is 0.349 bits per heavy atom. The van der Waals surface area contributed by atoms with Crippen molar-refractivity contribution in [3.05, 3.63) is 252 Å². The summed E-state index contributed by atoms with van der Waals surface area (Å²) in [7, 11) is 0. The zero-order chi connectivity index (χ0) is 42.7. The van der Waals surface area contributed by atoms with Crippen molar-refractivity contribution in [2.45, 2.75) is 33.1 Å². The van der Waals surface area contributed by atoms with Gasteiger partial charge in [0.15, 0.2) is 0 Å². The molecule has 1 atom stereocenters. The largest absolute Gasteiger partial charge is 0.310 e. The third kappa shape index (κ3) is 6.33. The molecule has 0 fully saturated rings. The van der Waals surface area contributed by atoms with Crippen LogP contribution in [0, 0.1) is 20.8 Å². The van der Waals surface area contributed by atoms with Gasteiger partial charge in [0.05, 0.1) is 11.4 Å². The first-order chi connectivity index (χ1) is 30.9. The summed E-state index contributed by atoms with van der Waals surface area (Å²) >= 11 is 0. The van der Waals surface area contributed by atoms with Gasteiger partial charge in [-0.15, -0.1) is 0 Å². The Balaban J connectivity index is 1.16. The van der Waals surface area contributed by atoms with Crippen LogP contribution in [0.2, 0.25) is 0 Å². The van der Waals surface area contributed by atoms with Crippen molar-refractivity contribution in [1.29, 1.82) is 0 Å². The van der Waals surface area contributed by atoms with Gasteiger partial charge in [-0.3, -0.25) is 0 Å². The van der Waals surface area contributed by atoms with Crippen LogP contribution in [0.4, 0.5) is 34.1 Å². The maximum Gasteiger partial charge on any atom is 0.0543 e. The van der Waals surface area contributed by atoms with Crippen molar-refractivity contribution >= 4 is 55.7 Å². The van der Waals surface area contributed by atoms with Crippen molar-refractivity contribution in [2.24, 2.45) is 0 Å². The highest BCUT2D eigenvalue weighted by Gasteiger charge is 2.43. The Kier molecular flexibility index (Phi) is 9.32. The minimum atomic E-state index is -0.481. The van der Waals surface area contributed by atoms with E-state index in [1.165, 1.54) is 77.2 Å². The lowest BCUT2D eigenvalue weighted by atomic mass is 9.73. The van der Waals surface area contributed by atoms with E-state index >= 15 is 0 Å². The number of nitrogens with zero attached hydrogens (tertiary/aromatic N) is 2. The van der Waals surface area contributed by atoms with Gasteiger partial charge in [-0.25, -0.2) is 0 Å². The van der Waals surface area contributed by atoms with Gasteiger partial charge in [0.1, 0.15) is 0 Å². The van der Waals surface area contributed by atoms with E-state index in [9.17, 15) is 0 Å². The van der Waals surface area contributed by atoms with E-state index in [4.69, 9.17) is 0 Å². The van der Waals surface area contributed by atoms with E-state index < -0.39 is 5.41 Å². The molecule has 0 amide bonds. The second-order valence-electron chi connectivity index (χ2n) is 17.2. The molecule has 0 N–H and O–H groups in total. The second kappa shape index (κ2) is 15.3. The lowest BCUT2D eigenvalue weighted by Crippen LogP contribution is -2.23. The van der Waals surface area contributed by atoms with Crippen LogP contribution in [0.15, 0.2) is 218 Å². The summed E-state index contributed by atoms with van der Waals surface area (Å²) in [5, 5.41) is 4.90. The van der Waals surface area contributed by atoms with Crippen LogP contribution in [-0.4, -0.2) is 0 Å². The first kappa shape index (κ1) is 38.3. The van der Waals surface area contributed by atoms with Gasteiger partial charge in [-0.2, -0.15) is 0 Å². The van der Waals surface area contributed by atoms with Gasteiger partial charge >= 0.3 is 0 Å². The van der Waals surface area contributed by atoms with Crippen LogP contribution in [0.25, 0.3) is 43.8 Å². The van der Waals surface area contributed by atoms with Gasteiger partial charge < -0.3 is 9.80 Å². The van der Waals surface area contributed by atoms with Crippen LogP contribution in [-0.2, 0) is 5.41 Å². The smallest absolute Gasteiger partial charge is 0.0543 e. The molecule has 0 radical (unpaired) electrons. The first-order valence-corrected chi connectivity index (χ1v) is 22.0. The Hall–Kier alpha value is -7.68. The third-order valence-corrected chi connectivity index (χ3v) is 13.4. The highest BCUT2D eigenvalue weighted by molar-refractivity contribution is 6.11. The standard InChI is InChI=1S/C61H48N2/c1-41-30-32-47(33-31-41)63(48-34-36-51(43(3)38-48)50-25-13-11-18-42(50)2)59-40-57-60(54-28-16-15-27-53(54)59)55-37-35-49(39-56(55)61(57,4)45-21-7-5-8-22-45)62(46-23-9-6-10-24-46)58-29-17-20-44-19-12-14-26-52(44)58/h5-40H,1-4H3. The molecule has 1 aliphatic rings. The average molecular weight is 809 g/mol. The molecule has 1 aliphatic carbocycles. The molecular weight excluding hydrogens is 761 g/mol. The SMILES string of the molecule is Cc1ccc(N(c2ccc(-c3ccccc3C)c(C)c2)c2cc3c(c4ccccc24)-c2ccc(N(c4ccccc4)c4cccc5ccccc45)cc2C3(C)c2ccccc2)cc1. The van der Waals surface area contributed by atoms with E-state index in [-0.39, 0.29) is 0 Å². The molecule has 302 valence electrons. The summed E-state index contributed by atoms with van der Waals surface area (Å²) < 4.78 is 0. The van der Waals surface area contributed by atoms with Crippen LogP contribution < -0.4 is 9.80 Å². The topological polar surface area (TPSA) is 6.48 Å². The molecule has 0 heterocycles. The molecule has 10 aromatic carbocycles. The Bertz CT molecular complexity index is 3330. The molecule has 1 unspecified atom stereocenters. The maximum atomic E-state index is 2.51. The van der Waals surface area contributed by atoms with Gasteiger partial charge in [0.25, 0.3) is 0 Å². The molecule has 0 spiro atoms. The minimum absolute atomic E-state index is 0.481. The normalized spacial score (nSPS) is 14.1. The summed E-state index contributed by atoms with van der Waals surface area (Å²) in [4.78, 5) is 4.91. The van der Waals surface area contributed by atoms with Crippen LogP contribution in [0.3, 0.4) is 0 Å². The summed E-state index contributed by atoms with van der Waals surface area (Å²) in [6, 6.07) is 80.7. The van der Waals surface area contributed by atoms with Crippen molar-refractivity contribution in [3.8, 4) is 22.3 Å². The first-order valence-electron chi connectivity index (χ1n) is 22.0. The predicted molar refractivity (Wildman–Crippen MR) is 268 cm³/mol. The zero-order valence-electron chi connectivity index (χ0n) is 36.2. The Labute approximate surface area is 371 Å². The molecule has 2 nitrogen and oxygen atoms in total. The van der Waals surface area contributed by atoms with Crippen molar-refractivity contribution in [2.75, 3.05) is 9.80 Å². The summed E-state index contributed by atoms with van der Waals surface area (Å²) in [5.41, 5.74) is 19.1. The molecule has 63 heavy (non-hydrogen) atoms. The molecule has 0 aliphatic heterocycles. The molecule has 11 rings (SSSR count). The van der Waals surface area contributed by atoms with Gasteiger partial charge in [0.2, 0.25) is 0 Å². The third-order valence-electron chi connectivity index (χ3n) is 13.4. The molecule has 0 bridgehead atoms. The van der Waals surface area contributed by atoms with Crippen molar-refractivity contribution < 1.29 is 0 Å². The lowest BCUT2D eigenvalue weighted by Gasteiger charge is -2.33. The number of para-hydroxylation sites is 1. The fourth-order valence-corrected chi connectivity index (χ4v) is 10.2. The van der Waals surface area contributed by atoms with Gasteiger partial charge in [-0.1, -0.05) is 163 Å². The number of rotatable bonds is 8. The molecule has 0 saturated carbocycles. The molecule has 2 heteroatoms. The van der Waals surface area contributed by atoms with Crippen LogP contribution in [0.1, 0.15) is 40.3 Å². The summed E-state index contributed by atoms with van der Waals surface area (Å²) in [6.07, 6.45) is 0. The number of fused-ring (bicyclic) bond motifs is 6. The quantitative estimate of drug-likeness (QED) is 0.151. The van der Waals surface area contributed by atoms with Crippen LogP contribution in [0.5, 0.6) is 0 Å². The fraction of sp³-hybridized carbons (Fsp3) is 0.0820.